The van der Waals surface area contributed by atoms with Crippen LogP contribution in [-0.2, 0) is 10.3 Å². The zero-order valence-corrected chi connectivity index (χ0v) is 11.4. The Morgan fingerprint density at radius 3 is 2.33 bits per heavy atom. The third-order valence-corrected chi connectivity index (χ3v) is 4.14. The highest BCUT2D eigenvalue weighted by molar-refractivity contribution is 5.52. The van der Waals surface area contributed by atoms with Gasteiger partial charge in [-0.05, 0) is 30.5 Å². The smallest absolute Gasteiger partial charge is 0.264 e. The van der Waals surface area contributed by atoms with Crippen LogP contribution in [0.25, 0.3) is 0 Å². The van der Waals surface area contributed by atoms with E-state index in [0.29, 0.717) is 43.1 Å². The summed E-state index contributed by atoms with van der Waals surface area (Å²) in [5, 5.41) is 0. The number of hydrogen-bond acceptors (Lipinski definition) is 4. The Labute approximate surface area is 120 Å². The number of carbonyl (C=O) groups excluding carboxylic acids is 1. The van der Waals surface area contributed by atoms with Crippen LogP contribution in [0, 0.1) is 0 Å². The Morgan fingerprint density at radius 2 is 1.76 bits per heavy atom. The van der Waals surface area contributed by atoms with Gasteiger partial charge in [-0.2, -0.15) is 4.99 Å². The second-order valence-electron chi connectivity index (χ2n) is 5.33. The molecular formula is C15H15F2NO3. The fraction of sp³-hybridized carbons (Fsp3) is 0.533. The molecule has 1 aliphatic carbocycles. The van der Waals surface area contributed by atoms with Crippen molar-refractivity contribution in [2.24, 2.45) is 4.99 Å². The Hall–Kier alpha value is -1.94. The molecule has 2 aliphatic rings. The quantitative estimate of drug-likeness (QED) is 0.633. The summed E-state index contributed by atoms with van der Waals surface area (Å²) in [6, 6.07) is 2.87. The summed E-state index contributed by atoms with van der Waals surface area (Å²) in [4.78, 5) is 14.7. The highest BCUT2D eigenvalue weighted by atomic mass is 19.3. The molecule has 0 atom stereocenters. The normalized spacial score (nSPS) is 19.4. The summed E-state index contributed by atoms with van der Waals surface area (Å²) in [5.74, 6) is 0.761. The number of ether oxygens (including phenoxy) is 2. The van der Waals surface area contributed by atoms with Gasteiger partial charge in [0, 0.05) is 5.56 Å². The van der Waals surface area contributed by atoms with Crippen molar-refractivity contribution >= 4 is 6.08 Å². The van der Waals surface area contributed by atoms with Crippen LogP contribution in [0.1, 0.15) is 43.2 Å². The molecule has 1 heterocycles. The number of benzene rings is 1. The lowest BCUT2D eigenvalue weighted by molar-refractivity contribution is 0.143. The SMILES string of the molecule is O=C=NC1(c2cc3c(cc2C(F)F)OCCO3)CCCC1. The number of halogens is 2. The van der Waals surface area contributed by atoms with Gasteiger partial charge in [0.2, 0.25) is 6.08 Å². The lowest BCUT2D eigenvalue weighted by Gasteiger charge is -2.28. The van der Waals surface area contributed by atoms with Crippen molar-refractivity contribution in [1.29, 1.82) is 0 Å². The van der Waals surface area contributed by atoms with E-state index in [-0.39, 0.29) is 5.56 Å². The van der Waals surface area contributed by atoms with E-state index >= 15 is 0 Å². The molecule has 1 aromatic rings. The molecule has 0 aromatic heterocycles. The maximum atomic E-state index is 13.4. The lowest BCUT2D eigenvalue weighted by Crippen LogP contribution is -2.23. The van der Waals surface area contributed by atoms with Crippen molar-refractivity contribution in [2.75, 3.05) is 13.2 Å². The van der Waals surface area contributed by atoms with Gasteiger partial charge in [0.25, 0.3) is 6.43 Å². The molecule has 0 spiro atoms. The van der Waals surface area contributed by atoms with Crippen LogP contribution in [0.5, 0.6) is 11.5 Å². The van der Waals surface area contributed by atoms with Crippen LogP contribution < -0.4 is 9.47 Å². The second-order valence-corrected chi connectivity index (χ2v) is 5.33. The lowest BCUT2D eigenvalue weighted by atomic mass is 9.85. The van der Waals surface area contributed by atoms with Gasteiger partial charge in [0.1, 0.15) is 13.2 Å². The van der Waals surface area contributed by atoms with Crippen molar-refractivity contribution in [1.82, 2.24) is 0 Å². The third-order valence-electron chi connectivity index (χ3n) is 4.14. The summed E-state index contributed by atoms with van der Waals surface area (Å²) >= 11 is 0. The van der Waals surface area contributed by atoms with Gasteiger partial charge in [-0.15, -0.1) is 0 Å². The first kappa shape index (κ1) is 14.0. The number of aliphatic imine (C=N–C) groups is 1. The minimum Gasteiger partial charge on any atom is -0.486 e. The van der Waals surface area contributed by atoms with Crippen molar-refractivity contribution < 1.29 is 23.0 Å². The molecule has 0 N–H and O–H groups in total. The molecule has 1 fully saturated rings. The molecule has 1 aliphatic heterocycles. The molecular weight excluding hydrogens is 280 g/mol. The molecule has 0 radical (unpaired) electrons. The van der Waals surface area contributed by atoms with Crippen molar-refractivity contribution in [2.45, 2.75) is 37.6 Å². The number of fused-ring (bicyclic) bond motifs is 1. The van der Waals surface area contributed by atoms with Crippen LogP contribution in [-0.4, -0.2) is 19.3 Å². The highest BCUT2D eigenvalue weighted by Crippen LogP contribution is 2.48. The molecule has 1 saturated carbocycles. The van der Waals surface area contributed by atoms with Crippen LogP contribution in [0.15, 0.2) is 17.1 Å². The zero-order chi connectivity index (χ0) is 14.9. The summed E-state index contributed by atoms with van der Waals surface area (Å²) < 4.78 is 37.7. The van der Waals surface area contributed by atoms with Crippen LogP contribution in [0.4, 0.5) is 8.78 Å². The van der Waals surface area contributed by atoms with Gasteiger partial charge in [-0.1, -0.05) is 12.8 Å². The molecule has 4 nitrogen and oxygen atoms in total. The van der Waals surface area contributed by atoms with Gasteiger partial charge < -0.3 is 9.47 Å². The number of rotatable bonds is 3. The minimum absolute atomic E-state index is 0.139. The Bertz CT molecular complexity index is 591. The fourth-order valence-electron chi connectivity index (χ4n) is 3.18. The second kappa shape index (κ2) is 5.45. The van der Waals surface area contributed by atoms with Crippen molar-refractivity contribution in [3.05, 3.63) is 23.3 Å². The monoisotopic (exact) mass is 295 g/mol. The topological polar surface area (TPSA) is 47.9 Å². The first-order chi connectivity index (χ1) is 10.2. The average Bonchev–Trinajstić information content (AvgIpc) is 2.96. The van der Waals surface area contributed by atoms with E-state index in [1.165, 1.54) is 6.07 Å². The highest BCUT2D eigenvalue weighted by Gasteiger charge is 2.40. The van der Waals surface area contributed by atoms with E-state index in [4.69, 9.17) is 9.47 Å². The first-order valence-electron chi connectivity index (χ1n) is 6.97. The van der Waals surface area contributed by atoms with E-state index < -0.39 is 12.0 Å². The standard InChI is InChI=1S/C15H15F2NO3/c16-14(17)10-7-12-13(21-6-5-20-12)8-11(10)15(18-9-19)3-1-2-4-15/h7-8,14H,1-6H2. The Balaban J connectivity index is 2.17. The summed E-state index contributed by atoms with van der Waals surface area (Å²) in [7, 11) is 0. The van der Waals surface area contributed by atoms with Crippen LogP contribution in [0.2, 0.25) is 0 Å². The maximum absolute atomic E-state index is 13.4. The summed E-state index contributed by atoms with van der Waals surface area (Å²) in [6.07, 6.45) is 1.74. The van der Waals surface area contributed by atoms with E-state index in [0.717, 1.165) is 12.8 Å². The summed E-state index contributed by atoms with van der Waals surface area (Å²) in [6.45, 7) is 0.719. The van der Waals surface area contributed by atoms with E-state index in [1.54, 1.807) is 12.1 Å². The van der Waals surface area contributed by atoms with Gasteiger partial charge in [-0.25, -0.2) is 13.6 Å². The number of nitrogens with zero attached hydrogens (tertiary/aromatic N) is 1. The summed E-state index contributed by atoms with van der Waals surface area (Å²) in [5.41, 5.74) is -0.675. The third kappa shape index (κ3) is 2.40. The molecule has 1 aromatic carbocycles. The molecule has 3 rings (SSSR count). The number of alkyl halides is 2. The van der Waals surface area contributed by atoms with E-state index in [2.05, 4.69) is 4.99 Å². The van der Waals surface area contributed by atoms with E-state index in [9.17, 15) is 13.6 Å². The first-order valence-corrected chi connectivity index (χ1v) is 6.97. The number of hydrogen-bond donors (Lipinski definition) is 0. The molecule has 0 unspecified atom stereocenters. The predicted octanol–water partition coefficient (Wildman–Crippen LogP) is 3.50. The Kier molecular flexibility index (Phi) is 3.64. The van der Waals surface area contributed by atoms with Crippen LogP contribution in [0.3, 0.4) is 0 Å². The van der Waals surface area contributed by atoms with E-state index in [1.807, 2.05) is 0 Å². The van der Waals surface area contributed by atoms with Crippen LogP contribution >= 0.6 is 0 Å². The number of isocyanates is 1. The minimum atomic E-state index is -2.66. The average molecular weight is 295 g/mol. The van der Waals surface area contributed by atoms with Gasteiger partial charge in [-0.3, -0.25) is 0 Å². The molecule has 6 heteroatoms. The predicted molar refractivity (Wildman–Crippen MR) is 70.7 cm³/mol. The zero-order valence-electron chi connectivity index (χ0n) is 11.4. The molecule has 0 amide bonds. The molecule has 0 saturated heterocycles. The largest absolute Gasteiger partial charge is 0.486 e. The van der Waals surface area contributed by atoms with Gasteiger partial charge >= 0.3 is 0 Å². The molecule has 112 valence electrons. The van der Waals surface area contributed by atoms with Gasteiger partial charge in [0.15, 0.2) is 11.5 Å². The fourth-order valence-corrected chi connectivity index (χ4v) is 3.18. The molecule has 21 heavy (non-hydrogen) atoms. The van der Waals surface area contributed by atoms with Crippen molar-refractivity contribution in [3.63, 3.8) is 0 Å². The molecule has 0 bridgehead atoms. The van der Waals surface area contributed by atoms with Gasteiger partial charge in [0.05, 0.1) is 5.54 Å². The maximum Gasteiger partial charge on any atom is 0.264 e. The van der Waals surface area contributed by atoms with Crippen molar-refractivity contribution in [3.8, 4) is 11.5 Å². The Morgan fingerprint density at radius 1 is 1.14 bits per heavy atom.